The van der Waals surface area contributed by atoms with E-state index in [1.54, 1.807) is 56.2 Å². The summed E-state index contributed by atoms with van der Waals surface area (Å²) >= 11 is 0. The van der Waals surface area contributed by atoms with Crippen LogP contribution in [0.5, 0.6) is 0 Å². The van der Waals surface area contributed by atoms with E-state index >= 15 is 0 Å². The summed E-state index contributed by atoms with van der Waals surface area (Å²) in [5.41, 5.74) is 1.54. The fraction of sp³-hybridized carbons (Fsp3) is 0.714. The standard InChI is InChI=1S/C42H66N2O12/c1-10-25(5)30(21-24(4)20-29(45)19-23(2)3)32(53-8)22-33(46)44-18-14-17-31(44)37(54-9)26(6)40(50)43-27(7)38(28-15-12-11-13-16-28)55-42-36(49)34(47)35(48)39(56-42)41(51)52/h11-13,15-16,21,23,25-27,30-32,34-39,42,47-49H,10,14,17-20,22H2,1-9H3,(H,43,50)(H,51,52)/b24-21+/t25-,26+,27+,30-,31-,32+,34-,35-,36+,37+,38+,39-,42+/m0/s1. The average Bonchev–Trinajstić information content (AvgIpc) is 3.64. The molecule has 0 aliphatic carbocycles. The maximum Gasteiger partial charge on any atom is 0.335 e. The highest BCUT2D eigenvalue weighted by Gasteiger charge is 2.49. The summed E-state index contributed by atoms with van der Waals surface area (Å²) in [6.45, 7) is 14.1. The maximum atomic E-state index is 14.1. The number of amides is 2. The van der Waals surface area contributed by atoms with Crippen molar-refractivity contribution in [3.05, 3.63) is 47.5 Å². The molecular weight excluding hydrogens is 724 g/mol. The summed E-state index contributed by atoms with van der Waals surface area (Å²) < 4.78 is 23.4. The van der Waals surface area contributed by atoms with Gasteiger partial charge in [-0.25, -0.2) is 4.79 Å². The van der Waals surface area contributed by atoms with E-state index in [1.165, 1.54) is 7.11 Å². The van der Waals surface area contributed by atoms with Crippen molar-refractivity contribution >= 4 is 23.6 Å². The van der Waals surface area contributed by atoms with Gasteiger partial charge in [-0.05, 0) is 44.1 Å². The minimum Gasteiger partial charge on any atom is -0.479 e. The number of ketones is 1. The number of aliphatic hydroxyl groups excluding tert-OH is 3. The lowest BCUT2D eigenvalue weighted by Gasteiger charge is -2.41. The fourth-order valence-electron chi connectivity index (χ4n) is 7.96. The van der Waals surface area contributed by atoms with Gasteiger partial charge in [0, 0.05) is 39.5 Å². The molecule has 3 rings (SSSR count). The Labute approximate surface area is 331 Å². The van der Waals surface area contributed by atoms with Crippen molar-refractivity contribution in [1.82, 2.24) is 10.2 Å². The number of hydrogen-bond acceptors (Lipinski definition) is 11. The number of nitrogens with one attached hydrogen (secondary N) is 1. The Hall–Kier alpha value is -3.24. The first-order valence-corrected chi connectivity index (χ1v) is 19.9. The first-order valence-electron chi connectivity index (χ1n) is 19.9. The first kappa shape index (κ1) is 47.1. The third kappa shape index (κ3) is 12.4. The zero-order valence-corrected chi connectivity index (χ0v) is 34.5. The Morgan fingerprint density at radius 2 is 1.62 bits per heavy atom. The van der Waals surface area contributed by atoms with Gasteiger partial charge in [0.25, 0.3) is 0 Å². The third-order valence-corrected chi connectivity index (χ3v) is 11.2. The van der Waals surface area contributed by atoms with Crippen molar-refractivity contribution in [1.29, 1.82) is 0 Å². The molecule has 2 aliphatic heterocycles. The number of methoxy groups -OCH3 is 2. The predicted octanol–water partition coefficient (Wildman–Crippen LogP) is 3.80. The fourth-order valence-corrected chi connectivity index (χ4v) is 7.96. The number of hydrogen-bond donors (Lipinski definition) is 5. The van der Waals surface area contributed by atoms with Crippen LogP contribution in [0.2, 0.25) is 0 Å². The molecule has 5 N–H and O–H groups in total. The maximum absolute atomic E-state index is 14.1. The van der Waals surface area contributed by atoms with Gasteiger partial charge in [0.15, 0.2) is 12.4 Å². The molecule has 2 saturated heterocycles. The highest BCUT2D eigenvalue weighted by Crippen LogP contribution is 2.33. The Morgan fingerprint density at radius 1 is 0.964 bits per heavy atom. The number of rotatable bonds is 21. The summed E-state index contributed by atoms with van der Waals surface area (Å²) in [6, 6.07) is 7.58. The Bertz CT molecular complexity index is 1460. The van der Waals surface area contributed by atoms with Crippen LogP contribution in [0.1, 0.15) is 98.7 Å². The molecule has 13 atom stereocenters. The van der Waals surface area contributed by atoms with Gasteiger partial charge in [-0.3, -0.25) is 14.4 Å². The van der Waals surface area contributed by atoms with Crippen LogP contribution in [0.15, 0.2) is 42.0 Å². The van der Waals surface area contributed by atoms with Crippen LogP contribution in [0, 0.1) is 23.7 Å². The molecule has 1 aromatic carbocycles. The van der Waals surface area contributed by atoms with Crippen molar-refractivity contribution in [2.75, 3.05) is 20.8 Å². The summed E-state index contributed by atoms with van der Waals surface area (Å²) in [6.07, 6.45) is -5.77. The number of carboxylic acids is 1. The number of allylic oxidation sites excluding steroid dienone is 1. The van der Waals surface area contributed by atoms with E-state index in [9.17, 15) is 39.6 Å². The topological polar surface area (TPSA) is 201 Å². The number of aliphatic hydroxyl groups is 3. The second kappa shape index (κ2) is 22.1. The highest BCUT2D eigenvalue weighted by atomic mass is 16.7. The lowest BCUT2D eigenvalue weighted by atomic mass is 9.83. The van der Waals surface area contributed by atoms with E-state index in [0.717, 1.165) is 18.4 Å². The largest absolute Gasteiger partial charge is 0.479 e. The molecule has 2 aliphatic rings. The third-order valence-electron chi connectivity index (χ3n) is 11.2. The lowest BCUT2D eigenvalue weighted by molar-refractivity contribution is -0.307. The monoisotopic (exact) mass is 790 g/mol. The van der Waals surface area contributed by atoms with Crippen molar-refractivity contribution in [3.8, 4) is 0 Å². The van der Waals surface area contributed by atoms with Crippen LogP contribution in [-0.4, -0.2) is 125 Å². The molecule has 14 nitrogen and oxygen atoms in total. The summed E-state index contributed by atoms with van der Waals surface area (Å²) in [4.78, 5) is 54.1. The number of ether oxygens (including phenoxy) is 4. The minimum atomic E-state index is -1.89. The lowest BCUT2D eigenvalue weighted by Crippen LogP contribution is -2.61. The molecule has 316 valence electrons. The molecule has 1 aromatic rings. The van der Waals surface area contributed by atoms with Gasteiger partial charge in [0.1, 0.15) is 30.2 Å². The van der Waals surface area contributed by atoms with Crippen LogP contribution in [0.25, 0.3) is 0 Å². The first-order chi connectivity index (χ1) is 26.4. The van der Waals surface area contributed by atoms with Crippen LogP contribution in [-0.2, 0) is 38.1 Å². The number of nitrogens with zero attached hydrogens (tertiary/aromatic N) is 1. The smallest absolute Gasteiger partial charge is 0.335 e. The molecule has 0 bridgehead atoms. The second-order valence-corrected chi connectivity index (χ2v) is 16.1. The van der Waals surface area contributed by atoms with Gasteiger partial charge in [-0.2, -0.15) is 0 Å². The normalized spacial score (nSPS) is 26.9. The van der Waals surface area contributed by atoms with Gasteiger partial charge in [0.05, 0.1) is 36.6 Å². The van der Waals surface area contributed by atoms with Gasteiger partial charge in [0.2, 0.25) is 11.8 Å². The SMILES string of the molecule is CC[C@H](C)[C@H](/C=C(\C)CC(=O)CC(C)C)[C@@H](CC(=O)N1CCC[C@H]1[C@H](OC)[C@@H](C)C(=O)N[C@H](C)[C@@H](O[C@@H]1O[C@H](C(=O)O)[C@@H](O)[C@H](O)[C@H]1O)c1ccccc1)OC. The summed E-state index contributed by atoms with van der Waals surface area (Å²) in [5, 5.41) is 43.7. The van der Waals surface area contributed by atoms with Crippen molar-refractivity contribution in [2.45, 2.75) is 148 Å². The van der Waals surface area contributed by atoms with E-state index in [1.807, 2.05) is 20.8 Å². The van der Waals surface area contributed by atoms with E-state index < -0.39 is 72.9 Å². The predicted molar refractivity (Wildman–Crippen MR) is 208 cm³/mol. The average molecular weight is 791 g/mol. The number of carbonyl (C=O) groups is 4. The molecule has 0 spiro atoms. The zero-order chi connectivity index (χ0) is 41.9. The minimum absolute atomic E-state index is 0.0884. The molecule has 56 heavy (non-hydrogen) atoms. The van der Waals surface area contributed by atoms with Gasteiger partial charge in [-0.15, -0.1) is 0 Å². The molecule has 14 heteroatoms. The number of likely N-dealkylation sites (tertiary alicyclic amines) is 1. The molecule has 2 fully saturated rings. The molecular formula is C42H66N2O12. The van der Waals surface area contributed by atoms with Crippen molar-refractivity contribution < 1.29 is 58.6 Å². The molecule has 0 aromatic heterocycles. The van der Waals surface area contributed by atoms with Crippen molar-refractivity contribution in [3.63, 3.8) is 0 Å². The Balaban J connectivity index is 1.77. The van der Waals surface area contributed by atoms with E-state index in [2.05, 4.69) is 25.2 Å². The summed E-state index contributed by atoms with van der Waals surface area (Å²) in [7, 11) is 3.12. The molecule has 2 amide bonds. The van der Waals surface area contributed by atoms with Gasteiger partial charge >= 0.3 is 5.97 Å². The van der Waals surface area contributed by atoms with Crippen LogP contribution in [0.3, 0.4) is 0 Å². The Morgan fingerprint density at radius 3 is 2.20 bits per heavy atom. The second-order valence-electron chi connectivity index (χ2n) is 16.1. The van der Waals surface area contributed by atoms with Crippen LogP contribution in [0.4, 0.5) is 0 Å². The number of carboxylic acid groups (broad SMARTS) is 1. The zero-order valence-electron chi connectivity index (χ0n) is 34.5. The quantitative estimate of drug-likeness (QED) is 0.113. The van der Waals surface area contributed by atoms with E-state index in [4.69, 9.17) is 18.9 Å². The van der Waals surface area contributed by atoms with E-state index in [-0.39, 0.29) is 41.9 Å². The number of aliphatic carboxylic acids is 1. The number of benzene rings is 1. The molecule has 0 unspecified atom stereocenters. The number of carbonyl (C=O) groups excluding carboxylic acids is 3. The molecule has 0 saturated carbocycles. The van der Waals surface area contributed by atoms with Crippen LogP contribution < -0.4 is 5.32 Å². The van der Waals surface area contributed by atoms with Gasteiger partial charge < -0.3 is 49.6 Å². The highest BCUT2D eigenvalue weighted by molar-refractivity contribution is 5.81. The molecule has 0 radical (unpaired) electrons. The molecule has 2 heterocycles. The Kier molecular flexibility index (Phi) is 18.6. The van der Waals surface area contributed by atoms with E-state index in [0.29, 0.717) is 31.4 Å². The van der Waals surface area contributed by atoms with Crippen molar-refractivity contribution in [2.24, 2.45) is 23.7 Å². The number of Topliss-reactive ketones (excluding diaryl/α,β-unsaturated/α-hetero) is 1. The van der Waals surface area contributed by atoms with Crippen LogP contribution >= 0.6 is 0 Å². The summed E-state index contributed by atoms with van der Waals surface area (Å²) in [5.74, 6) is -2.19. The van der Waals surface area contributed by atoms with Gasteiger partial charge in [-0.1, -0.05) is 83.0 Å².